The standard InChI is InChI=1S/C17H21ClN2/c1-3-4-5-13-6-8-14(9-7-13)20-17-11-15(18)16(19)10-12(17)2/h6-11,20H,3-5,19H2,1-2H3. The Morgan fingerprint density at radius 3 is 2.50 bits per heavy atom. The monoisotopic (exact) mass is 288 g/mol. The number of nitrogen functional groups attached to an aromatic ring is 1. The number of hydrogen-bond acceptors (Lipinski definition) is 2. The first-order valence-electron chi connectivity index (χ1n) is 7.01. The molecule has 20 heavy (non-hydrogen) atoms. The van der Waals surface area contributed by atoms with Gasteiger partial charge >= 0.3 is 0 Å². The molecule has 0 bridgehead atoms. The molecule has 2 aromatic carbocycles. The maximum atomic E-state index is 6.07. The quantitative estimate of drug-likeness (QED) is 0.731. The second-order valence-electron chi connectivity index (χ2n) is 5.11. The molecule has 0 aromatic heterocycles. The Hall–Kier alpha value is -1.67. The van der Waals surface area contributed by atoms with Crippen LogP contribution < -0.4 is 11.1 Å². The van der Waals surface area contributed by atoms with Crippen LogP contribution in [0.1, 0.15) is 30.9 Å². The average molecular weight is 289 g/mol. The molecule has 3 N–H and O–H groups in total. The highest BCUT2D eigenvalue weighted by atomic mass is 35.5. The van der Waals surface area contributed by atoms with E-state index in [-0.39, 0.29) is 0 Å². The van der Waals surface area contributed by atoms with Crippen LogP contribution in [0.3, 0.4) is 0 Å². The van der Waals surface area contributed by atoms with Crippen LogP contribution in [0.5, 0.6) is 0 Å². The summed E-state index contributed by atoms with van der Waals surface area (Å²) in [7, 11) is 0. The highest BCUT2D eigenvalue weighted by Crippen LogP contribution is 2.29. The van der Waals surface area contributed by atoms with E-state index >= 15 is 0 Å². The van der Waals surface area contributed by atoms with Crippen LogP contribution >= 0.6 is 11.6 Å². The third kappa shape index (κ3) is 3.67. The molecule has 0 spiro atoms. The summed E-state index contributed by atoms with van der Waals surface area (Å²) in [5.41, 5.74) is 10.9. The molecular formula is C17H21ClN2. The molecule has 0 aliphatic rings. The molecular weight excluding hydrogens is 268 g/mol. The average Bonchev–Trinajstić information content (AvgIpc) is 2.44. The predicted molar refractivity (Wildman–Crippen MR) is 88.9 cm³/mol. The van der Waals surface area contributed by atoms with Gasteiger partial charge in [-0.05, 0) is 55.2 Å². The van der Waals surface area contributed by atoms with E-state index in [0.29, 0.717) is 10.7 Å². The van der Waals surface area contributed by atoms with Gasteiger partial charge in [0.1, 0.15) is 0 Å². The zero-order valence-corrected chi connectivity index (χ0v) is 12.8. The third-order valence-corrected chi connectivity index (χ3v) is 3.72. The summed E-state index contributed by atoms with van der Waals surface area (Å²) >= 11 is 6.07. The van der Waals surface area contributed by atoms with Gasteiger partial charge in [-0.15, -0.1) is 0 Å². The van der Waals surface area contributed by atoms with E-state index < -0.39 is 0 Å². The van der Waals surface area contributed by atoms with Crippen molar-refractivity contribution < 1.29 is 0 Å². The molecule has 0 atom stereocenters. The Kier molecular flexibility index (Phi) is 4.91. The highest BCUT2D eigenvalue weighted by molar-refractivity contribution is 6.33. The predicted octanol–water partition coefficient (Wildman–Crippen LogP) is 5.32. The summed E-state index contributed by atoms with van der Waals surface area (Å²) in [6.45, 7) is 4.23. The fourth-order valence-electron chi connectivity index (χ4n) is 2.13. The smallest absolute Gasteiger partial charge is 0.0656 e. The van der Waals surface area contributed by atoms with E-state index in [1.807, 2.05) is 19.1 Å². The van der Waals surface area contributed by atoms with Crippen LogP contribution in [0.4, 0.5) is 17.1 Å². The van der Waals surface area contributed by atoms with Crippen molar-refractivity contribution in [2.45, 2.75) is 33.1 Å². The molecule has 0 unspecified atom stereocenters. The summed E-state index contributed by atoms with van der Waals surface area (Å²) in [6, 6.07) is 12.3. The van der Waals surface area contributed by atoms with Crippen molar-refractivity contribution in [2.75, 3.05) is 11.1 Å². The van der Waals surface area contributed by atoms with Gasteiger partial charge in [-0.25, -0.2) is 0 Å². The first kappa shape index (κ1) is 14.7. The lowest BCUT2D eigenvalue weighted by atomic mass is 10.1. The van der Waals surface area contributed by atoms with E-state index in [1.54, 1.807) is 0 Å². The lowest BCUT2D eigenvalue weighted by molar-refractivity contribution is 0.795. The first-order valence-corrected chi connectivity index (χ1v) is 7.39. The molecule has 2 rings (SSSR count). The summed E-state index contributed by atoms with van der Waals surface area (Å²) in [5, 5.41) is 3.96. The van der Waals surface area contributed by atoms with Crippen molar-refractivity contribution in [3.8, 4) is 0 Å². The van der Waals surface area contributed by atoms with Gasteiger partial charge in [-0.3, -0.25) is 0 Å². The molecule has 106 valence electrons. The molecule has 0 aliphatic carbocycles. The maximum Gasteiger partial charge on any atom is 0.0656 e. The molecule has 0 radical (unpaired) electrons. The number of aryl methyl sites for hydroxylation is 2. The molecule has 0 aliphatic heterocycles. The van der Waals surface area contributed by atoms with Crippen LogP contribution in [-0.4, -0.2) is 0 Å². The Bertz CT molecular complexity index is 576. The van der Waals surface area contributed by atoms with E-state index in [9.17, 15) is 0 Å². The third-order valence-electron chi connectivity index (χ3n) is 3.40. The molecule has 0 saturated carbocycles. The van der Waals surface area contributed by atoms with Crippen molar-refractivity contribution in [3.05, 3.63) is 52.5 Å². The molecule has 2 nitrogen and oxygen atoms in total. The molecule has 0 heterocycles. The van der Waals surface area contributed by atoms with Crippen LogP contribution in [0.2, 0.25) is 5.02 Å². The first-order chi connectivity index (χ1) is 9.60. The fraction of sp³-hybridized carbons (Fsp3) is 0.294. The van der Waals surface area contributed by atoms with Gasteiger partial charge in [0.15, 0.2) is 0 Å². The van der Waals surface area contributed by atoms with Crippen molar-refractivity contribution in [1.82, 2.24) is 0 Å². The lowest BCUT2D eigenvalue weighted by Gasteiger charge is -2.12. The summed E-state index contributed by atoms with van der Waals surface area (Å²) in [5.74, 6) is 0. The topological polar surface area (TPSA) is 38.0 Å². The summed E-state index contributed by atoms with van der Waals surface area (Å²) < 4.78 is 0. The molecule has 2 aromatic rings. The van der Waals surface area contributed by atoms with Crippen LogP contribution in [0.25, 0.3) is 0 Å². The number of halogens is 1. The minimum atomic E-state index is 0.581. The molecule has 0 fully saturated rings. The van der Waals surface area contributed by atoms with Gasteiger partial charge in [-0.2, -0.15) is 0 Å². The van der Waals surface area contributed by atoms with Crippen molar-refractivity contribution in [2.24, 2.45) is 0 Å². The molecule has 3 heteroatoms. The van der Waals surface area contributed by atoms with Crippen molar-refractivity contribution in [3.63, 3.8) is 0 Å². The Balaban J connectivity index is 2.12. The largest absolute Gasteiger partial charge is 0.398 e. The normalized spacial score (nSPS) is 10.6. The minimum Gasteiger partial charge on any atom is -0.398 e. The number of nitrogens with one attached hydrogen (secondary N) is 1. The second-order valence-corrected chi connectivity index (χ2v) is 5.52. The van der Waals surface area contributed by atoms with Crippen molar-refractivity contribution >= 4 is 28.7 Å². The van der Waals surface area contributed by atoms with E-state index in [0.717, 1.165) is 23.4 Å². The highest BCUT2D eigenvalue weighted by Gasteiger charge is 2.04. The van der Waals surface area contributed by atoms with Gasteiger partial charge in [0.05, 0.1) is 10.7 Å². The van der Waals surface area contributed by atoms with E-state index in [2.05, 4.69) is 36.5 Å². The number of rotatable bonds is 5. The Morgan fingerprint density at radius 1 is 1.15 bits per heavy atom. The van der Waals surface area contributed by atoms with Gasteiger partial charge in [0.25, 0.3) is 0 Å². The van der Waals surface area contributed by atoms with Gasteiger partial charge in [0.2, 0.25) is 0 Å². The van der Waals surface area contributed by atoms with Gasteiger partial charge < -0.3 is 11.1 Å². The van der Waals surface area contributed by atoms with Crippen LogP contribution in [0, 0.1) is 6.92 Å². The summed E-state index contributed by atoms with van der Waals surface area (Å²) in [6.07, 6.45) is 3.60. The van der Waals surface area contributed by atoms with Crippen LogP contribution in [0.15, 0.2) is 36.4 Å². The minimum absolute atomic E-state index is 0.581. The zero-order valence-electron chi connectivity index (χ0n) is 12.0. The number of hydrogen-bond donors (Lipinski definition) is 2. The Morgan fingerprint density at radius 2 is 1.85 bits per heavy atom. The zero-order chi connectivity index (χ0) is 14.5. The second kappa shape index (κ2) is 6.67. The number of nitrogens with two attached hydrogens (primary N) is 1. The van der Waals surface area contributed by atoms with E-state index in [1.165, 1.54) is 18.4 Å². The Labute approximate surface area is 126 Å². The number of benzene rings is 2. The fourth-order valence-corrected chi connectivity index (χ4v) is 2.29. The van der Waals surface area contributed by atoms with Gasteiger partial charge in [0, 0.05) is 11.4 Å². The number of anilines is 3. The number of unbranched alkanes of at least 4 members (excludes halogenated alkanes) is 1. The SMILES string of the molecule is CCCCc1ccc(Nc2cc(Cl)c(N)cc2C)cc1. The maximum absolute atomic E-state index is 6.07. The van der Waals surface area contributed by atoms with Crippen molar-refractivity contribution in [1.29, 1.82) is 0 Å². The lowest BCUT2D eigenvalue weighted by Crippen LogP contribution is -1.96. The van der Waals surface area contributed by atoms with Crippen LogP contribution in [-0.2, 0) is 6.42 Å². The van der Waals surface area contributed by atoms with E-state index in [4.69, 9.17) is 17.3 Å². The van der Waals surface area contributed by atoms with Gasteiger partial charge in [-0.1, -0.05) is 37.1 Å². The molecule has 0 amide bonds. The summed E-state index contributed by atoms with van der Waals surface area (Å²) in [4.78, 5) is 0. The molecule has 0 saturated heterocycles.